The smallest absolute Gasteiger partial charge is 0.328 e. The van der Waals surface area contributed by atoms with Crippen molar-refractivity contribution in [1.82, 2.24) is 0 Å². The number of benzene rings is 1. The first-order valence-electron chi connectivity index (χ1n) is 14.9. The highest BCUT2D eigenvalue weighted by atomic mass is 16.4. The molecule has 0 saturated heterocycles. The normalized spacial score (nSPS) is 27.9. The van der Waals surface area contributed by atoms with Gasteiger partial charge in [-0.15, -0.1) is 0 Å². The van der Waals surface area contributed by atoms with Crippen molar-refractivity contribution in [3.63, 3.8) is 0 Å². The Labute approximate surface area is 236 Å². The first kappa shape index (κ1) is 27.7. The van der Waals surface area contributed by atoms with Crippen molar-refractivity contribution >= 4 is 11.5 Å². The molecule has 1 aromatic carbocycles. The Kier molecular flexibility index (Phi) is 7.06. The summed E-state index contributed by atoms with van der Waals surface area (Å²) in [6.07, 6.45) is 24.6. The summed E-state index contributed by atoms with van der Waals surface area (Å²) in [7, 11) is 0. The monoisotopic (exact) mass is 522 g/mol. The number of rotatable bonds is 4. The highest BCUT2D eigenvalue weighted by Crippen LogP contribution is 2.59. The molecule has 0 heterocycles. The number of carbonyl (C=O) groups is 1. The topological polar surface area (TPSA) is 37.3 Å². The Morgan fingerprint density at radius 2 is 1.56 bits per heavy atom. The summed E-state index contributed by atoms with van der Waals surface area (Å²) in [4.78, 5) is 11.2. The van der Waals surface area contributed by atoms with Crippen molar-refractivity contribution in [1.29, 1.82) is 0 Å². The number of fused-ring (bicyclic) bond motifs is 2. The number of carboxylic acid groups (broad SMARTS) is 1. The van der Waals surface area contributed by atoms with E-state index < -0.39 is 5.97 Å². The van der Waals surface area contributed by atoms with Gasteiger partial charge in [-0.05, 0) is 102 Å². The summed E-state index contributed by atoms with van der Waals surface area (Å²) in [5.74, 6) is -0.127. The van der Waals surface area contributed by atoms with Crippen LogP contribution in [0.5, 0.6) is 0 Å². The fourth-order valence-corrected chi connectivity index (χ4v) is 7.74. The maximum Gasteiger partial charge on any atom is 0.328 e. The number of hydrogen-bond acceptors (Lipinski definition) is 1. The van der Waals surface area contributed by atoms with Crippen LogP contribution in [0.3, 0.4) is 0 Å². The fourth-order valence-electron chi connectivity index (χ4n) is 7.74. The van der Waals surface area contributed by atoms with E-state index in [2.05, 4.69) is 90.1 Å². The number of aliphatic carboxylic acids is 1. The van der Waals surface area contributed by atoms with Crippen LogP contribution in [0.1, 0.15) is 90.0 Å². The van der Waals surface area contributed by atoms with Gasteiger partial charge in [0.05, 0.1) is 0 Å². The lowest BCUT2D eigenvalue weighted by atomic mass is 9.52. The van der Waals surface area contributed by atoms with Crippen LogP contribution in [0.4, 0.5) is 0 Å². The van der Waals surface area contributed by atoms with Crippen molar-refractivity contribution in [3.8, 4) is 0 Å². The second kappa shape index (κ2) is 9.95. The van der Waals surface area contributed by atoms with Gasteiger partial charge in [0.25, 0.3) is 0 Å². The molecule has 5 rings (SSSR count). The highest BCUT2D eigenvalue weighted by molar-refractivity contribution is 5.81. The third-order valence-electron chi connectivity index (χ3n) is 9.78. The number of hydrogen-bond donors (Lipinski definition) is 1. The molecule has 0 spiro atoms. The molecule has 0 saturated carbocycles. The first-order chi connectivity index (χ1) is 18.3. The number of allylic oxidation sites excluding steroid dienone is 11. The molecular formula is C37H46O2. The summed E-state index contributed by atoms with van der Waals surface area (Å²) in [6.45, 7) is 16.2. The quantitative estimate of drug-likeness (QED) is 0.243. The Morgan fingerprint density at radius 3 is 2.26 bits per heavy atom. The highest BCUT2D eigenvalue weighted by Gasteiger charge is 2.49. The molecule has 0 aromatic heterocycles. The summed E-state index contributed by atoms with van der Waals surface area (Å²) in [6, 6.07) is 5.03. The van der Waals surface area contributed by atoms with Crippen LogP contribution >= 0.6 is 0 Å². The Bertz CT molecular complexity index is 1370. The van der Waals surface area contributed by atoms with Crippen molar-refractivity contribution in [2.45, 2.75) is 87.0 Å². The summed E-state index contributed by atoms with van der Waals surface area (Å²) < 4.78 is 0. The molecule has 0 radical (unpaired) electrons. The fraction of sp³-hybridized carbons (Fsp3) is 0.486. The van der Waals surface area contributed by atoms with E-state index >= 15 is 0 Å². The molecule has 1 N–H and O–H groups in total. The van der Waals surface area contributed by atoms with E-state index in [0.717, 1.165) is 18.4 Å². The standard InChI is InChI=1S/C37H46O2/c1-24(21-32(38)39)11-10-14-28-29(16-15-27-22-25-12-8-9-13-26(25)23-30(27)28)33-34-31(17-18-36(33,4)5)35(2,3)19-20-37(34,6)7/h10-11,14,17-23,29,33H,8-9,12-13,15-16H2,1-7H3,(H,38,39)/b11-10+,24-21+,28-14+. The van der Waals surface area contributed by atoms with E-state index in [9.17, 15) is 9.90 Å². The molecule has 39 heavy (non-hydrogen) atoms. The largest absolute Gasteiger partial charge is 0.478 e. The summed E-state index contributed by atoms with van der Waals surface area (Å²) >= 11 is 0. The van der Waals surface area contributed by atoms with Gasteiger partial charge in [-0.25, -0.2) is 4.79 Å². The summed E-state index contributed by atoms with van der Waals surface area (Å²) in [5, 5.41) is 9.20. The van der Waals surface area contributed by atoms with Gasteiger partial charge >= 0.3 is 5.97 Å². The third kappa shape index (κ3) is 5.20. The zero-order valence-electron chi connectivity index (χ0n) is 25.0. The zero-order valence-corrected chi connectivity index (χ0v) is 25.0. The Balaban J connectivity index is 1.68. The van der Waals surface area contributed by atoms with E-state index in [-0.39, 0.29) is 16.2 Å². The molecule has 4 aliphatic rings. The Morgan fingerprint density at radius 1 is 0.897 bits per heavy atom. The van der Waals surface area contributed by atoms with Gasteiger partial charge in [-0.1, -0.05) is 102 Å². The van der Waals surface area contributed by atoms with Crippen LogP contribution in [0.15, 0.2) is 77.5 Å². The van der Waals surface area contributed by atoms with Crippen molar-refractivity contribution in [2.75, 3.05) is 0 Å². The molecule has 0 aliphatic heterocycles. The van der Waals surface area contributed by atoms with Gasteiger partial charge in [0.1, 0.15) is 0 Å². The molecule has 2 atom stereocenters. The predicted octanol–water partition coefficient (Wildman–Crippen LogP) is 9.23. The SMILES string of the molecule is CC(/C=C/C=C1/c2cc3c(cc2CCC1C1C2=C(C=CC1(C)C)C(C)(C)C=CC2(C)C)CCCC3)=C\C(=O)O. The van der Waals surface area contributed by atoms with E-state index in [1.165, 1.54) is 59.6 Å². The van der Waals surface area contributed by atoms with Crippen LogP contribution in [-0.4, -0.2) is 11.1 Å². The van der Waals surface area contributed by atoms with Gasteiger partial charge in [-0.3, -0.25) is 0 Å². The maximum absolute atomic E-state index is 11.2. The van der Waals surface area contributed by atoms with Crippen molar-refractivity contribution < 1.29 is 9.90 Å². The molecule has 2 nitrogen and oxygen atoms in total. The molecule has 1 aromatic rings. The minimum Gasteiger partial charge on any atom is -0.478 e. The molecule has 0 bridgehead atoms. The van der Waals surface area contributed by atoms with E-state index in [0.29, 0.717) is 11.8 Å². The molecule has 2 unspecified atom stereocenters. The van der Waals surface area contributed by atoms with E-state index in [1.807, 2.05) is 13.0 Å². The van der Waals surface area contributed by atoms with Gasteiger partial charge in [-0.2, -0.15) is 0 Å². The molecule has 4 aliphatic carbocycles. The van der Waals surface area contributed by atoms with E-state index in [1.54, 1.807) is 11.1 Å². The van der Waals surface area contributed by atoms with Gasteiger partial charge in [0, 0.05) is 16.9 Å². The minimum absolute atomic E-state index is 0.00452. The first-order valence-corrected chi connectivity index (χ1v) is 14.9. The second-order valence-corrected chi connectivity index (χ2v) is 14.1. The van der Waals surface area contributed by atoms with Crippen LogP contribution in [-0.2, 0) is 24.1 Å². The molecular weight excluding hydrogens is 476 g/mol. The third-order valence-corrected chi connectivity index (χ3v) is 9.78. The number of carboxylic acids is 1. The lowest BCUT2D eigenvalue weighted by Gasteiger charge is -2.52. The molecule has 0 amide bonds. The predicted molar refractivity (Wildman–Crippen MR) is 164 cm³/mol. The van der Waals surface area contributed by atoms with Crippen molar-refractivity contribution in [2.24, 2.45) is 28.1 Å². The van der Waals surface area contributed by atoms with Crippen LogP contribution < -0.4 is 0 Å². The van der Waals surface area contributed by atoms with Gasteiger partial charge < -0.3 is 5.11 Å². The van der Waals surface area contributed by atoms with Crippen LogP contribution in [0.2, 0.25) is 0 Å². The van der Waals surface area contributed by atoms with Crippen LogP contribution in [0.25, 0.3) is 5.57 Å². The molecule has 2 heteroatoms. The van der Waals surface area contributed by atoms with Crippen LogP contribution in [0, 0.1) is 28.1 Å². The number of aryl methyl sites for hydroxylation is 3. The lowest BCUT2D eigenvalue weighted by molar-refractivity contribution is -0.131. The summed E-state index contributed by atoms with van der Waals surface area (Å²) in [5.41, 5.74) is 11.3. The zero-order chi connectivity index (χ0) is 28.2. The molecule has 0 fully saturated rings. The molecule has 206 valence electrons. The van der Waals surface area contributed by atoms with E-state index in [4.69, 9.17) is 0 Å². The second-order valence-electron chi connectivity index (χ2n) is 14.1. The lowest BCUT2D eigenvalue weighted by Crippen LogP contribution is -2.42. The maximum atomic E-state index is 11.2. The van der Waals surface area contributed by atoms with Gasteiger partial charge in [0.2, 0.25) is 0 Å². The van der Waals surface area contributed by atoms with Gasteiger partial charge in [0.15, 0.2) is 0 Å². The minimum atomic E-state index is -0.900. The van der Waals surface area contributed by atoms with Crippen molar-refractivity contribution in [3.05, 3.63) is 99.7 Å². The average Bonchev–Trinajstić information content (AvgIpc) is 2.85. The average molecular weight is 523 g/mol. The Hall–Kier alpha value is -2.87.